The van der Waals surface area contributed by atoms with E-state index in [1.165, 1.54) is 0 Å². The van der Waals surface area contributed by atoms with E-state index in [0.717, 1.165) is 12.0 Å². The Balaban J connectivity index is 2.13. The van der Waals surface area contributed by atoms with Gasteiger partial charge in [0, 0.05) is 6.04 Å². The molecule has 5 nitrogen and oxygen atoms in total. The highest BCUT2D eigenvalue weighted by Gasteiger charge is 2.20. The molecule has 0 saturated carbocycles. The average molecular weight is 383 g/mol. The number of para-hydroxylation sites is 2. The summed E-state index contributed by atoms with van der Waals surface area (Å²) in [6.45, 7) is 9.75. The zero-order valence-electron chi connectivity index (χ0n) is 17.3. The van der Waals surface area contributed by atoms with Gasteiger partial charge in [0.1, 0.15) is 5.75 Å². The lowest BCUT2D eigenvalue weighted by Gasteiger charge is -2.20. The second-order valence-electron chi connectivity index (χ2n) is 7.27. The largest absolute Gasteiger partial charge is 0.481 e. The van der Waals surface area contributed by atoms with Crippen molar-refractivity contribution in [3.05, 3.63) is 59.7 Å². The third-order valence-corrected chi connectivity index (χ3v) is 4.58. The summed E-state index contributed by atoms with van der Waals surface area (Å²) in [4.78, 5) is 25.1. The van der Waals surface area contributed by atoms with E-state index >= 15 is 0 Å². The van der Waals surface area contributed by atoms with E-state index in [1.807, 2.05) is 38.1 Å². The molecule has 0 fully saturated rings. The number of hydrogen-bond acceptors (Lipinski definition) is 3. The van der Waals surface area contributed by atoms with E-state index in [0.29, 0.717) is 22.9 Å². The molecule has 150 valence electrons. The number of hydrogen-bond donors (Lipinski definition) is 2. The fourth-order valence-electron chi connectivity index (χ4n) is 2.82. The van der Waals surface area contributed by atoms with Crippen molar-refractivity contribution in [1.29, 1.82) is 0 Å². The van der Waals surface area contributed by atoms with E-state index in [2.05, 4.69) is 24.5 Å². The van der Waals surface area contributed by atoms with Crippen LogP contribution in [-0.2, 0) is 4.79 Å². The standard InChI is InChI=1S/C23H30N2O3/c1-6-16(4)18-11-8-10-14-21(18)28-17(5)22(26)25-20-13-9-7-12-19(20)23(27)24-15(2)3/h7-17H,6H2,1-5H3,(H,24,27)(H,25,26). The van der Waals surface area contributed by atoms with Crippen molar-refractivity contribution < 1.29 is 14.3 Å². The molecule has 0 heterocycles. The van der Waals surface area contributed by atoms with Gasteiger partial charge in [-0.2, -0.15) is 0 Å². The molecule has 0 aliphatic carbocycles. The van der Waals surface area contributed by atoms with Crippen LogP contribution in [0.25, 0.3) is 0 Å². The fraction of sp³-hybridized carbons (Fsp3) is 0.391. The van der Waals surface area contributed by atoms with Gasteiger partial charge in [-0.15, -0.1) is 0 Å². The first-order chi connectivity index (χ1) is 13.3. The number of amides is 2. The van der Waals surface area contributed by atoms with E-state index < -0.39 is 6.10 Å². The molecule has 0 spiro atoms. The van der Waals surface area contributed by atoms with Gasteiger partial charge in [0.2, 0.25) is 0 Å². The maximum atomic E-state index is 12.7. The van der Waals surface area contributed by atoms with Crippen LogP contribution >= 0.6 is 0 Å². The highest BCUT2D eigenvalue weighted by molar-refractivity contribution is 6.04. The average Bonchev–Trinajstić information content (AvgIpc) is 2.67. The first-order valence-electron chi connectivity index (χ1n) is 9.79. The van der Waals surface area contributed by atoms with Gasteiger partial charge in [0.05, 0.1) is 11.3 Å². The van der Waals surface area contributed by atoms with Crippen LogP contribution in [0.15, 0.2) is 48.5 Å². The summed E-state index contributed by atoms with van der Waals surface area (Å²) in [7, 11) is 0. The number of carbonyl (C=O) groups excluding carboxylic acids is 2. The molecule has 5 heteroatoms. The van der Waals surface area contributed by atoms with Crippen molar-refractivity contribution in [3.8, 4) is 5.75 Å². The van der Waals surface area contributed by atoms with Crippen LogP contribution in [0.1, 0.15) is 62.9 Å². The Hall–Kier alpha value is -2.82. The van der Waals surface area contributed by atoms with Crippen LogP contribution in [0.5, 0.6) is 5.75 Å². The van der Waals surface area contributed by atoms with E-state index in [4.69, 9.17) is 4.74 Å². The number of nitrogens with one attached hydrogen (secondary N) is 2. The predicted octanol–water partition coefficient (Wildman–Crippen LogP) is 4.74. The minimum absolute atomic E-state index is 0.00979. The van der Waals surface area contributed by atoms with Crippen molar-refractivity contribution in [1.82, 2.24) is 5.32 Å². The highest BCUT2D eigenvalue weighted by Crippen LogP contribution is 2.29. The molecule has 2 aromatic rings. The van der Waals surface area contributed by atoms with Crippen LogP contribution in [0.3, 0.4) is 0 Å². The quantitative estimate of drug-likeness (QED) is 0.693. The van der Waals surface area contributed by atoms with E-state index in [1.54, 1.807) is 31.2 Å². The number of rotatable bonds is 8. The predicted molar refractivity (Wildman–Crippen MR) is 113 cm³/mol. The smallest absolute Gasteiger partial charge is 0.265 e. The maximum Gasteiger partial charge on any atom is 0.265 e. The molecule has 2 N–H and O–H groups in total. The Morgan fingerprint density at radius 1 is 0.964 bits per heavy atom. The Morgan fingerprint density at radius 3 is 2.29 bits per heavy atom. The van der Waals surface area contributed by atoms with Gasteiger partial charge in [-0.1, -0.05) is 44.2 Å². The molecule has 2 amide bonds. The minimum Gasteiger partial charge on any atom is -0.481 e. The SMILES string of the molecule is CCC(C)c1ccccc1OC(C)C(=O)Nc1ccccc1C(=O)NC(C)C. The van der Waals surface area contributed by atoms with Gasteiger partial charge in [-0.05, 0) is 56.9 Å². The van der Waals surface area contributed by atoms with Crippen LogP contribution < -0.4 is 15.4 Å². The molecule has 0 aliphatic rings. The van der Waals surface area contributed by atoms with Gasteiger partial charge >= 0.3 is 0 Å². The third-order valence-electron chi connectivity index (χ3n) is 4.58. The molecule has 0 saturated heterocycles. The summed E-state index contributed by atoms with van der Waals surface area (Å²) in [6.07, 6.45) is 0.283. The van der Waals surface area contributed by atoms with Gasteiger partial charge in [-0.3, -0.25) is 9.59 Å². The molecule has 2 atom stereocenters. The first-order valence-corrected chi connectivity index (χ1v) is 9.79. The molecule has 0 aliphatic heterocycles. The topological polar surface area (TPSA) is 67.4 Å². The monoisotopic (exact) mass is 382 g/mol. The maximum absolute atomic E-state index is 12.7. The lowest BCUT2D eigenvalue weighted by atomic mass is 9.98. The molecule has 0 radical (unpaired) electrons. The van der Waals surface area contributed by atoms with Crippen molar-refractivity contribution >= 4 is 17.5 Å². The van der Waals surface area contributed by atoms with E-state index in [-0.39, 0.29) is 17.9 Å². The Kier molecular flexibility index (Phi) is 7.61. The summed E-state index contributed by atoms with van der Waals surface area (Å²) >= 11 is 0. The summed E-state index contributed by atoms with van der Waals surface area (Å²) in [6, 6.07) is 14.8. The number of carbonyl (C=O) groups is 2. The van der Waals surface area contributed by atoms with Crippen molar-refractivity contribution in [2.45, 2.75) is 59.1 Å². The second kappa shape index (κ2) is 9.93. The second-order valence-corrected chi connectivity index (χ2v) is 7.27. The van der Waals surface area contributed by atoms with Crippen molar-refractivity contribution in [2.24, 2.45) is 0 Å². The van der Waals surface area contributed by atoms with Crippen LogP contribution in [0, 0.1) is 0 Å². The molecule has 2 rings (SSSR count). The number of benzene rings is 2. The zero-order chi connectivity index (χ0) is 20.7. The summed E-state index contributed by atoms with van der Waals surface area (Å²) in [5, 5.41) is 5.67. The molecular formula is C23H30N2O3. The summed E-state index contributed by atoms with van der Waals surface area (Å²) in [5.41, 5.74) is 1.98. The van der Waals surface area contributed by atoms with Gasteiger partial charge in [0.15, 0.2) is 6.10 Å². The summed E-state index contributed by atoms with van der Waals surface area (Å²) in [5.74, 6) is 0.530. The van der Waals surface area contributed by atoms with Crippen LogP contribution in [-0.4, -0.2) is 24.0 Å². The van der Waals surface area contributed by atoms with Crippen molar-refractivity contribution in [3.63, 3.8) is 0 Å². The van der Waals surface area contributed by atoms with E-state index in [9.17, 15) is 9.59 Å². The van der Waals surface area contributed by atoms with Crippen LogP contribution in [0.4, 0.5) is 5.69 Å². The molecule has 0 aromatic heterocycles. The Bertz CT molecular complexity index is 817. The fourth-order valence-corrected chi connectivity index (χ4v) is 2.82. The molecule has 0 bridgehead atoms. The normalized spacial score (nSPS) is 12.9. The Morgan fingerprint density at radius 2 is 1.61 bits per heavy atom. The molecule has 2 aromatic carbocycles. The third kappa shape index (κ3) is 5.59. The van der Waals surface area contributed by atoms with Gasteiger partial charge in [-0.25, -0.2) is 0 Å². The van der Waals surface area contributed by atoms with Gasteiger partial charge < -0.3 is 15.4 Å². The molecular weight excluding hydrogens is 352 g/mol. The lowest BCUT2D eigenvalue weighted by Crippen LogP contribution is -2.33. The van der Waals surface area contributed by atoms with Crippen LogP contribution in [0.2, 0.25) is 0 Å². The van der Waals surface area contributed by atoms with Gasteiger partial charge in [0.25, 0.3) is 11.8 Å². The number of ether oxygens (including phenoxy) is 1. The number of anilines is 1. The highest BCUT2D eigenvalue weighted by atomic mass is 16.5. The molecule has 28 heavy (non-hydrogen) atoms. The zero-order valence-corrected chi connectivity index (χ0v) is 17.3. The minimum atomic E-state index is -0.702. The summed E-state index contributed by atoms with van der Waals surface area (Å²) < 4.78 is 5.95. The lowest BCUT2D eigenvalue weighted by molar-refractivity contribution is -0.122. The first kappa shape index (κ1) is 21.5. The Labute approximate surface area is 167 Å². The van der Waals surface area contributed by atoms with Crippen molar-refractivity contribution in [2.75, 3.05) is 5.32 Å². The molecule has 2 unspecified atom stereocenters.